The van der Waals surface area contributed by atoms with E-state index in [9.17, 15) is 0 Å². The fourth-order valence-corrected chi connectivity index (χ4v) is 3.27. The zero-order valence-electron chi connectivity index (χ0n) is 12.3. The minimum Gasteiger partial charge on any atom is -0.370 e. The van der Waals surface area contributed by atoms with Crippen LogP contribution in [0.5, 0.6) is 0 Å². The van der Waals surface area contributed by atoms with Crippen LogP contribution in [-0.2, 0) is 22.7 Å². The van der Waals surface area contributed by atoms with E-state index < -0.39 is 0 Å². The molecule has 118 valence electrons. The largest absolute Gasteiger partial charge is 0.370 e. The first-order valence-electron chi connectivity index (χ1n) is 7.26. The van der Waals surface area contributed by atoms with Crippen LogP contribution in [0.4, 0.5) is 0 Å². The first kappa shape index (κ1) is 17.7. The Labute approximate surface area is 149 Å². The van der Waals surface area contributed by atoms with Crippen LogP contribution >= 0.6 is 31.9 Å². The Bertz CT molecular complexity index is 470. The van der Waals surface area contributed by atoms with E-state index in [0.29, 0.717) is 13.2 Å². The lowest BCUT2D eigenvalue weighted by atomic mass is 10.2. The van der Waals surface area contributed by atoms with Gasteiger partial charge in [-0.15, -0.1) is 0 Å². The maximum Gasteiger partial charge on any atom is 0.0946 e. The Balaban J connectivity index is 1.86. The molecule has 0 aliphatic carbocycles. The summed E-state index contributed by atoms with van der Waals surface area (Å²) in [4.78, 5) is 0. The normalized spacial score (nSPS) is 13.7. The van der Waals surface area contributed by atoms with Crippen molar-refractivity contribution in [2.75, 3.05) is 10.7 Å². The summed E-state index contributed by atoms with van der Waals surface area (Å²) in [6, 6.07) is 20.4. The first-order chi connectivity index (χ1) is 10.8. The predicted octanol–water partition coefficient (Wildman–Crippen LogP) is 4.95. The quantitative estimate of drug-likeness (QED) is 0.527. The summed E-state index contributed by atoms with van der Waals surface area (Å²) < 4.78 is 12.0. The van der Waals surface area contributed by atoms with Crippen LogP contribution in [0.15, 0.2) is 60.7 Å². The van der Waals surface area contributed by atoms with Crippen molar-refractivity contribution < 1.29 is 9.47 Å². The molecule has 0 spiro atoms. The van der Waals surface area contributed by atoms with Gasteiger partial charge in [0.2, 0.25) is 0 Å². The third-order valence-corrected chi connectivity index (χ3v) is 4.61. The van der Waals surface area contributed by atoms with Crippen LogP contribution in [-0.4, -0.2) is 22.9 Å². The highest BCUT2D eigenvalue weighted by atomic mass is 79.9. The minimum atomic E-state index is 0.00305. The van der Waals surface area contributed by atoms with Gasteiger partial charge in [0.1, 0.15) is 0 Å². The maximum atomic E-state index is 6.02. The Morgan fingerprint density at radius 3 is 1.32 bits per heavy atom. The Kier molecular flexibility index (Phi) is 8.16. The molecule has 2 nitrogen and oxygen atoms in total. The van der Waals surface area contributed by atoms with Gasteiger partial charge in [-0.2, -0.15) is 0 Å². The molecule has 0 bridgehead atoms. The van der Waals surface area contributed by atoms with Gasteiger partial charge in [-0.3, -0.25) is 0 Å². The van der Waals surface area contributed by atoms with E-state index in [1.165, 1.54) is 11.1 Å². The molecule has 0 aromatic heterocycles. The van der Waals surface area contributed by atoms with Gasteiger partial charge in [0, 0.05) is 10.7 Å². The highest BCUT2D eigenvalue weighted by molar-refractivity contribution is 9.09. The predicted molar refractivity (Wildman–Crippen MR) is 97.6 cm³/mol. The molecule has 22 heavy (non-hydrogen) atoms. The fraction of sp³-hybridized carbons (Fsp3) is 0.333. The SMILES string of the molecule is BrC[C@H](OCc1ccccc1)[C@H](CBr)OCc1ccccc1. The molecule has 0 saturated heterocycles. The first-order valence-corrected chi connectivity index (χ1v) is 9.50. The second-order valence-corrected chi connectivity index (χ2v) is 6.27. The highest BCUT2D eigenvalue weighted by Gasteiger charge is 2.21. The van der Waals surface area contributed by atoms with Gasteiger partial charge in [0.15, 0.2) is 0 Å². The summed E-state index contributed by atoms with van der Waals surface area (Å²) in [5.41, 5.74) is 2.34. The molecular weight excluding hydrogens is 408 g/mol. The standard InChI is InChI=1S/C18H20Br2O2/c19-11-17(21-13-15-7-3-1-4-8-15)18(12-20)22-14-16-9-5-2-6-10-16/h1-10,17-18H,11-14H2/t17-,18-/m0/s1. The zero-order chi connectivity index (χ0) is 15.6. The number of ether oxygens (including phenoxy) is 2. The van der Waals surface area contributed by atoms with Gasteiger partial charge in [-0.05, 0) is 11.1 Å². The zero-order valence-corrected chi connectivity index (χ0v) is 15.5. The summed E-state index contributed by atoms with van der Waals surface area (Å²) in [5.74, 6) is 0. The molecule has 0 unspecified atom stereocenters. The third-order valence-electron chi connectivity index (χ3n) is 3.33. The van der Waals surface area contributed by atoms with Crippen molar-refractivity contribution >= 4 is 31.9 Å². The lowest BCUT2D eigenvalue weighted by molar-refractivity contribution is -0.0631. The number of alkyl halides is 2. The van der Waals surface area contributed by atoms with Crippen molar-refractivity contribution in [2.24, 2.45) is 0 Å². The van der Waals surface area contributed by atoms with Gasteiger partial charge >= 0.3 is 0 Å². The van der Waals surface area contributed by atoms with Crippen LogP contribution in [0.1, 0.15) is 11.1 Å². The third kappa shape index (κ3) is 5.84. The molecule has 0 fully saturated rings. The van der Waals surface area contributed by atoms with Crippen LogP contribution in [0.25, 0.3) is 0 Å². The second-order valence-electron chi connectivity index (χ2n) is 4.98. The summed E-state index contributed by atoms with van der Waals surface area (Å²) in [6.07, 6.45) is 0.00610. The van der Waals surface area contributed by atoms with Gasteiger partial charge < -0.3 is 9.47 Å². The monoisotopic (exact) mass is 426 g/mol. The molecule has 2 aromatic carbocycles. The van der Waals surface area contributed by atoms with Crippen LogP contribution in [0, 0.1) is 0 Å². The maximum absolute atomic E-state index is 6.02. The van der Waals surface area contributed by atoms with Crippen molar-refractivity contribution in [2.45, 2.75) is 25.4 Å². The van der Waals surface area contributed by atoms with E-state index in [1.54, 1.807) is 0 Å². The van der Waals surface area contributed by atoms with E-state index in [1.807, 2.05) is 36.4 Å². The average molecular weight is 428 g/mol. The van der Waals surface area contributed by atoms with Crippen molar-refractivity contribution in [3.05, 3.63) is 71.8 Å². The topological polar surface area (TPSA) is 18.5 Å². The van der Waals surface area contributed by atoms with Crippen LogP contribution < -0.4 is 0 Å². The molecule has 0 amide bonds. The van der Waals surface area contributed by atoms with E-state index >= 15 is 0 Å². The van der Waals surface area contributed by atoms with Gasteiger partial charge in [0.25, 0.3) is 0 Å². The fourth-order valence-electron chi connectivity index (χ4n) is 2.06. The molecule has 0 radical (unpaired) electrons. The van der Waals surface area contributed by atoms with E-state index in [2.05, 4.69) is 56.1 Å². The molecule has 0 N–H and O–H groups in total. The van der Waals surface area contributed by atoms with Gasteiger partial charge in [-0.25, -0.2) is 0 Å². The summed E-state index contributed by atoms with van der Waals surface area (Å²) in [6.45, 7) is 1.19. The molecule has 2 aromatic rings. The average Bonchev–Trinajstić information content (AvgIpc) is 2.59. The molecule has 0 heterocycles. The lowest BCUT2D eigenvalue weighted by Gasteiger charge is -2.25. The van der Waals surface area contributed by atoms with Crippen molar-refractivity contribution in [1.82, 2.24) is 0 Å². The van der Waals surface area contributed by atoms with E-state index in [-0.39, 0.29) is 12.2 Å². The molecule has 0 saturated carbocycles. The number of benzene rings is 2. The minimum absolute atomic E-state index is 0.00305. The summed E-state index contributed by atoms with van der Waals surface area (Å²) in [5, 5.41) is 1.48. The number of halogens is 2. The molecule has 2 atom stereocenters. The molecule has 0 aliphatic rings. The van der Waals surface area contributed by atoms with Crippen LogP contribution in [0.3, 0.4) is 0 Å². The Morgan fingerprint density at radius 2 is 1.00 bits per heavy atom. The summed E-state index contributed by atoms with van der Waals surface area (Å²) >= 11 is 7.06. The Hall–Kier alpha value is -0.680. The van der Waals surface area contributed by atoms with Gasteiger partial charge in [-0.1, -0.05) is 92.5 Å². The number of hydrogen-bond donors (Lipinski definition) is 0. The van der Waals surface area contributed by atoms with Crippen molar-refractivity contribution in [3.8, 4) is 0 Å². The number of hydrogen-bond acceptors (Lipinski definition) is 2. The molecule has 2 rings (SSSR count). The smallest absolute Gasteiger partial charge is 0.0946 e. The Morgan fingerprint density at radius 1 is 0.636 bits per heavy atom. The highest BCUT2D eigenvalue weighted by Crippen LogP contribution is 2.15. The van der Waals surface area contributed by atoms with Crippen LogP contribution in [0.2, 0.25) is 0 Å². The summed E-state index contributed by atoms with van der Waals surface area (Å²) in [7, 11) is 0. The van der Waals surface area contributed by atoms with E-state index in [0.717, 1.165) is 10.7 Å². The van der Waals surface area contributed by atoms with Gasteiger partial charge in [0.05, 0.1) is 25.4 Å². The second kappa shape index (κ2) is 10.2. The number of rotatable bonds is 9. The lowest BCUT2D eigenvalue weighted by Crippen LogP contribution is -2.34. The van der Waals surface area contributed by atoms with E-state index in [4.69, 9.17) is 9.47 Å². The molecular formula is C18H20Br2O2. The van der Waals surface area contributed by atoms with Crippen molar-refractivity contribution in [1.29, 1.82) is 0 Å². The van der Waals surface area contributed by atoms with Crippen molar-refractivity contribution in [3.63, 3.8) is 0 Å². The molecule has 0 aliphatic heterocycles. The molecule has 4 heteroatoms.